The van der Waals surface area contributed by atoms with E-state index in [-0.39, 0.29) is 19.1 Å². The molecule has 1 N–H and O–H groups in total. The molecule has 0 aliphatic carbocycles. The van der Waals surface area contributed by atoms with Gasteiger partial charge < -0.3 is 14.7 Å². The molecule has 0 aliphatic heterocycles. The number of carbonyl (C=O) groups excluding carboxylic acids is 2. The van der Waals surface area contributed by atoms with Gasteiger partial charge in [0, 0.05) is 18.5 Å². The summed E-state index contributed by atoms with van der Waals surface area (Å²) >= 11 is 1.29. The van der Waals surface area contributed by atoms with Crippen molar-refractivity contribution in [2.45, 2.75) is 13.3 Å². The van der Waals surface area contributed by atoms with Crippen LogP contribution in [0, 0.1) is 11.8 Å². The molecular formula is C14H17NO4S. The fourth-order valence-electron chi connectivity index (χ4n) is 1.48. The maximum absolute atomic E-state index is 12.4. The van der Waals surface area contributed by atoms with Crippen molar-refractivity contribution in [3.8, 4) is 11.8 Å². The number of ether oxygens (including phenoxy) is 1. The third kappa shape index (κ3) is 4.37. The minimum absolute atomic E-state index is 0.0101. The van der Waals surface area contributed by atoms with Gasteiger partial charge in [-0.15, -0.1) is 11.3 Å². The average Bonchev–Trinajstić information content (AvgIpc) is 2.92. The highest BCUT2D eigenvalue weighted by Gasteiger charge is 2.20. The molecule has 0 atom stereocenters. The molecule has 1 amide bonds. The zero-order valence-corrected chi connectivity index (χ0v) is 12.3. The van der Waals surface area contributed by atoms with E-state index in [9.17, 15) is 9.59 Å². The predicted molar refractivity (Wildman–Crippen MR) is 76.5 cm³/mol. The van der Waals surface area contributed by atoms with Crippen molar-refractivity contribution in [1.82, 2.24) is 4.90 Å². The number of esters is 1. The fraction of sp³-hybridized carbons (Fsp3) is 0.429. The lowest BCUT2D eigenvalue weighted by molar-refractivity contribution is -0.141. The number of carbonyl (C=O) groups is 2. The second-order valence-corrected chi connectivity index (χ2v) is 4.75. The van der Waals surface area contributed by atoms with Gasteiger partial charge in [-0.2, -0.15) is 0 Å². The number of hydrogen-bond donors (Lipinski definition) is 1. The van der Waals surface area contributed by atoms with E-state index in [2.05, 4.69) is 16.6 Å². The first-order valence-electron chi connectivity index (χ1n) is 6.17. The molecule has 0 aromatic carbocycles. The van der Waals surface area contributed by atoms with Gasteiger partial charge in [-0.1, -0.05) is 11.8 Å². The van der Waals surface area contributed by atoms with Crippen LogP contribution in [0.2, 0.25) is 0 Å². The van der Waals surface area contributed by atoms with Gasteiger partial charge in [0.25, 0.3) is 5.91 Å². The largest absolute Gasteiger partial charge is 0.468 e. The number of hydrogen-bond acceptors (Lipinski definition) is 5. The van der Waals surface area contributed by atoms with Crippen molar-refractivity contribution >= 4 is 23.2 Å². The zero-order valence-electron chi connectivity index (χ0n) is 11.5. The molecule has 108 valence electrons. The molecule has 0 bridgehead atoms. The van der Waals surface area contributed by atoms with Crippen LogP contribution in [-0.4, -0.2) is 48.7 Å². The molecule has 0 unspecified atom stereocenters. The molecule has 1 aromatic heterocycles. The summed E-state index contributed by atoms with van der Waals surface area (Å²) in [4.78, 5) is 25.5. The Balaban J connectivity index is 2.88. The Morgan fingerprint density at radius 3 is 2.85 bits per heavy atom. The summed E-state index contributed by atoms with van der Waals surface area (Å²) < 4.78 is 4.57. The molecule has 0 radical (unpaired) electrons. The van der Waals surface area contributed by atoms with Crippen molar-refractivity contribution in [2.24, 2.45) is 0 Å². The maximum Gasteiger partial charge on any atom is 0.325 e. The molecule has 1 aromatic rings. The summed E-state index contributed by atoms with van der Waals surface area (Å²) in [7, 11) is 1.29. The van der Waals surface area contributed by atoms with Crippen LogP contribution in [0.1, 0.15) is 28.6 Å². The molecule has 0 spiro atoms. The van der Waals surface area contributed by atoms with E-state index in [1.54, 1.807) is 18.4 Å². The fourth-order valence-corrected chi connectivity index (χ4v) is 2.29. The third-order valence-corrected chi connectivity index (χ3v) is 3.44. The molecule has 5 nitrogen and oxygen atoms in total. The summed E-state index contributed by atoms with van der Waals surface area (Å²) in [6, 6.07) is 1.76. The van der Waals surface area contributed by atoms with Gasteiger partial charge in [0.2, 0.25) is 0 Å². The summed E-state index contributed by atoms with van der Waals surface area (Å²) in [5.74, 6) is 4.96. The normalized spacial score (nSPS) is 9.55. The van der Waals surface area contributed by atoms with Crippen molar-refractivity contribution < 1.29 is 19.4 Å². The van der Waals surface area contributed by atoms with Gasteiger partial charge in [-0.3, -0.25) is 9.59 Å². The van der Waals surface area contributed by atoms with Gasteiger partial charge in [-0.25, -0.2) is 0 Å². The average molecular weight is 295 g/mol. The minimum Gasteiger partial charge on any atom is -0.468 e. The molecule has 0 saturated heterocycles. The Labute approximate surface area is 122 Å². The zero-order chi connectivity index (χ0) is 15.0. The maximum atomic E-state index is 12.4. The summed E-state index contributed by atoms with van der Waals surface area (Å²) in [6.07, 6.45) is 0.364. The van der Waals surface area contributed by atoms with E-state index >= 15 is 0 Å². The Morgan fingerprint density at radius 2 is 2.25 bits per heavy atom. The number of aliphatic hydroxyl groups is 1. The van der Waals surface area contributed by atoms with Gasteiger partial charge in [0.1, 0.15) is 11.4 Å². The van der Waals surface area contributed by atoms with Crippen molar-refractivity contribution in [3.63, 3.8) is 0 Å². The van der Waals surface area contributed by atoms with Gasteiger partial charge in [-0.05, 0) is 18.4 Å². The predicted octanol–water partition coefficient (Wildman–Crippen LogP) is 1.12. The van der Waals surface area contributed by atoms with Crippen LogP contribution >= 0.6 is 11.3 Å². The first-order chi connectivity index (χ1) is 9.63. The molecule has 0 aliphatic rings. The summed E-state index contributed by atoms with van der Waals surface area (Å²) in [5.41, 5.74) is 0.622. The van der Waals surface area contributed by atoms with Crippen LogP contribution in [-0.2, 0) is 9.53 Å². The lowest BCUT2D eigenvalue weighted by atomic mass is 10.2. The number of rotatable bonds is 5. The number of aliphatic hydroxyl groups excluding tert-OH is 1. The van der Waals surface area contributed by atoms with E-state index in [4.69, 9.17) is 5.11 Å². The first-order valence-corrected chi connectivity index (χ1v) is 7.05. The number of likely N-dealkylation sites (N-methyl/N-ethyl adjacent to an activating group) is 1. The number of thiophene rings is 1. The molecule has 20 heavy (non-hydrogen) atoms. The minimum atomic E-state index is -0.454. The van der Waals surface area contributed by atoms with Crippen LogP contribution < -0.4 is 0 Å². The van der Waals surface area contributed by atoms with E-state index in [1.165, 1.54) is 23.3 Å². The van der Waals surface area contributed by atoms with Crippen LogP contribution in [0.5, 0.6) is 0 Å². The number of amides is 1. The first kappa shape index (κ1) is 16.2. The van der Waals surface area contributed by atoms with Crippen molar-refractivity contribution in [2.75, 3.05) is 26.8 Å². The highest BCUT2D eigenvalue weighted by molar-refractivity contribution is 7.12. The highest BCUT2D eigenvalue weighted by Crippen LogP contribution is 2.18. The van der Waals surface area contributed by atoms with E-state index in [1.807, 2.05) is 0 Å². The van der Waals surface area contributed by atoms with Crippen molar-refractivity contribution in [3.05, 3.63) is 21.9 Å². The van der Waals surface area contributed by atoms with E-state index in [0.29, 0.717) is 23.4 Å². The number of methoxy groups -OCH3 is 1. The smallest absolute Gasteiger partial charge is 0.325 e. The monoisotopic (exact) mass is 295 g/mol. The number of nitrogens with zero attached hydrogens (tertiary/aromatic N) is 1. The van der Waals surface area contributed by atoms with Crippen molar-refractivity contribution in [1.29, 1.82) is 0 Å². The van der Waals surface area contributed by atoms with Crippen LogP contribution in [0.15, 0.2) is 11.4 Å². The Morgan fingerprint density at radius 1 is 1.50 bits per heavy atom. The second-order valence-electron chi connectivity index (χ2n) is 3.83. The quantitative estimate of drug-likeness (QED) is 0.653. The van der Waals surface area contributed by atoms with Gasteiger partial charge in [0.05, 0.1) is 13.7 Å². The van der Waals surface area contributed by atoms with Crippen LogP contribution in [0.4, 0.5) is 0 Å². The lowest BCUT2D eigenvalue weighted by Crippen LogP contribution is -2.35. The SMILES string of the molecule is CCN(CC(=O)OC)C(=O)c1sccc1C#CCCO. The Bertz CT molecular complexity index is 527. The van der Waals surface area contributed by atoms with Crippen LogP contribution in [0.3, 0.4) is 0 Å². The molecule has 0 saturated carbocycles. The summed E-state index contributed by atoms with van der Waals surface area (Å²) in [6.45, 7) is 2.12. The Kier molecular flexibility index (Phi) is 6.77. The molecule has 1 rings (SSSR count). The summed E-state index contributed by atoms with van der Waals surface area (Å²) in [5, 5.41) is 10.5. The molecule has 0 fully saturated rings. The van der Waals surface area contributed by atoms with Gasteiger partial charge >= 0.3 is 5.97 Å². The standard InChI is InChI=1S/C14H17NO4S/c1-3-15(10-12(17)19-2)14(18)13-11(7-9-20-13)6-4-5-8-16/h7,9,16H,3,5,8,10H2,1-2H3. The van der Waals surface area contributed by atoms with Gasteiger partial charge in [0.15, 0.2) is 0 Å². The molecular weight excluding hydrogens is 278 g/mol. The lowest BCUT2D eigenvalue weighted by Gasteiger charge is -2.18. The van der Waals surface area contributed by atoms with E-state index in [0.717, 1.165) is 0 Å². The Hall–Kier alpha value is -1.84. The van der Waals surface area contributed by atoms with E-state index < -0.39 is 5.97 Å². The third-order valence-electron chi connectivity index (χ3n) is 2.54. The van der Waals surface area contributed by atoms with Crippen LogP contribution in [0.25, 0.3) is 0 Å². The topological polar surface area (TPSA) is 66.8 Å². The molecule has 1 heterocycles. The molecule has 6 heteroatoms. The highest BCUT2D eigenvalue weighted by atomic mass is 32.1. The second kappa shape index (κ2) is 8.35.